The summed E-state index contributed by atoms with van der Waals surface area (Å²) >= 11 is 0. The van der Waals surface area contributed by atoms with Crippen LogP contribution < -0.4 is 5.32 Å². The Morgan fingerprint density at radius 3 is 2.58 bits per heavy atom. The second kappa shape index (κ2) is 7.32. The Labute approximate surface area is 154 Å². The molecule has 0 unspecified atom stereocenters. The van der Waals surface area contributed by atoms with E-state index in [0.29, 0.717) is 19.4 Å². The summed E-state index contributed by atoms with van der Waals surface area (Å²) in [6.45, 7) is 4.54. The number of hydrogen-bond acceptors (Lipinski definition) is 3. The molecule has 1 aliphatic heterocycles. The lowest BCUT2D eigenvalue weighted by Gasteiger charge is -2.24. The van der Waals surface area contributed by atoms with Crippen LogP contribution in [0.5, 0.6) is 0 Å². The predicted octanol–water partition coefficient (Wildman–Crippen LogP) is 1.92. The van der Waals surface area contributed by atoms with Crippen LogP contribution in [0, 0.1) is 19.8 Å². The Balaban J connectivity index is 1.66. The van der Waals surface area contributed by atoms with E-state index in [2.05, 4.69) is 10.4 Å². The standard InChI is InChI=1S/C20H26N4O2/c1-13-6-5-7-14(2)17(13)9-18(25)21-10-15-8-19(26)24(4)20(15)16-11-22-23(3)12-16/h5-7,11-12,15,20H,8-10H2,1-4H3,(H,21,25)/t15-,20+/m0/s1. The molecule has 1 saturated heterocycles. The summed E-state index contributed by atoms with van der Waals surface area (Å²) in [5.74, 6) is 0.154. The summed E-state index contributed by atoms with van der Waals surface area (Å²) in [6, 6.07) is 6.01. The van der Waals surface area contributed by atoms with Crippen molar-refractivity contribution < 1.29 is 9.59 Å². The van der Waals surface area contributed by atoms with Crippen molar-refractivity contribution in [3.05, 3.63) is 52.8 Å². The average molecular weight is 354 g/mol. The minimum Gasteiger partial charge on any atom is -0.355 e. The van der Waals surface area contributed by atoms with E-state index in [1.165, 1.54) is 0 Å². The highest BCUT2D eigenvalue weighted by atomic mass is 16.2. The third kappa shape index (κ3) is 3.64. The lowest BCUT2D eigenvalue weighted by atomic mass is 9.95. The van der Waals surface area contributed by atoms with Crippen LogP contribution in [0.25, 0.3) is 0 Å². The van der Waals surface area contributed by atoms with E-state index in [0.717, 1.165) is 22.3 Å². The van der Waals surface area contributed by atoms with Gasteiger partial charge in [0.25, 0.3) is 0 Å². The van der Waals surface area contributed by atoms with Crippen LogP contribution in [0.4, 0.5) is 0 Å². The zero-order valence-electron chi connectivity index (χ0n) is 15.8. The second-order valence-electron chi connectivity index (χ2n) is 7.21. The van der Waals surface area contributed by atoms with Crippen molar-refractivity contribution in [3.63, 3.8) is 0 Å². The zero-order chi connectivity index (χ0) is 18.8. The Morgan fingerprint density at radius 1 is 1.27 bits per heavy atom. The van der Waals surface area contributed by atoms with E-state index in [9.17, 15) is 9.59 Å². The monoisotopic (exact) mass is 354 g/mol. The molecule has 1 aliphatic rings. The van der Waals surface area contributed by atoms with Crippen molar-refractivity contribution in [2.24, 2.45) is 13.0 Å². The SMILES string of the molecule is Cc1cccc(C)c1CC(=O)NC[C@@H]1CC(=O)N(C)[C@H]1c1cnn(C)c1. The number of hydrogen-bond donors (Lipinski definition) is 1. The molecule has 0 aliphatic carbocycles. The molecule has 138 valence electrons. The lowest BCUT2D eigenvalue weighted by molar-refractivity contribution is -0.127. The topological polar surface area (TPSA) is 67.2 Å². The van der Waals surface area contributed by atoms with Crippen molar-refractivity contribution in [3.8, 4) is 0 Å². The third-order valence-corrected chi connectivity index (χ3v) is 5.30. The Morgan fingerprint density at radius 2 is 1.96 bits per heavy atom. The molecule has 1 N–H and O–H groups in total. The fraction of sp³-hybridized carbons (Fsp3) is 0.450. The molecule has 6 heteroatoms. The van der Waals surface area contributed by atoms with Gasteiger partial charge in [-0.2, -0.15) is 5.10 Å². The van der Waals surface area contributed by atoms with Gasteiger partial charge in [0.15, 0.2) is 0 Å². The van der Waals surface area contributed by atoms with Gasteiger partial charge < -0.3 is 10.2 Å². The van der Waals surface area contributed by atoms with Gasteiger partial charge in [0.2, 0.25) is 11.8 Å². The van der Waals surface area contributed by atoms with Gasteiger partial charge in [0.1, 0.15) is 0 Å². The summed E-state index contributed by atoms with van der Waals surface area (Å²) in [7, 11) is 3.68. The summed E-state index contributed by atoms with van der Waals surface area (Å²) in [5, 5.41) is 7.25. The maximum atomic E-state index is 12.5. The van der Waals surface area contributed by atoms with Crippen molar-refractivity contribution in [2.45, 2.75) is 32.7 Å². The van der Waals surface area contributed by atoms with Crippen LogP contribution in [0.1, 0.15) is 34.7 Å². The molecule has 2 amide bonds. The number of likely N-dealkylation sites (tertiary alicyclic amines) is 1. The Kier molecular flexibility index (Phi) is 5.11. The van der Waals surface area contributed by atoms with Crippen LogP contribution in [-0.2, 0) is 23.1 Å². The highest BCUT2D eigenvalue weighted by Crippen LogP contribution is 2.36. The largest absolute Gasteiger partial charge is 0.355 e. The molecule has 2 heterocycles. The van der Waals surface area contributed by atoms with Crippen LogP contribution in [0.15, 0.2) is 30.6 Å². The molecule has 1 fully saturated rings. The van der Waals surface area contributed by atoms with E-state index in [4.69, 9.17) is 0 Å². The van der Waals surface area contributed by atoms with Gasteiger partial charge in [-0.05, 0) is 30.5 Å². The summed E-state index contributed by atoms with van der Waals surface area (Å²) in [5.41, 5.74) is 4.34. The van der Waals surface area contributed by atoms with Gasteiger partial charge in [-0.3, -0.25) is 14.3 Å². The first-order valence-electron chi connectivity index (χ1n) is 8.92. The summed E-state index contributed by atoms with van der Waals surface area (Å²) < 4.78 is 1.74. The first kappa shape index (κ1) is 18.2. The minimum atomic E-state index is -0.0447. The maximum Gasteiger partial charge on any atom is 0.224 e. The normalized spacial score (nSPS) is 19.8. The number of rotatable bonds is 5. The molecule has 3 rings (SSSR count). The number of aryl methyl sites for hydroxylation is 3. The van der Waals surface area contributed by atoms with Crippen LogP contribution in [0.2, 0.25) is 0 Å². The first-order valence-corrected chi connectivity index (χ1v) is 8.92. The molecule has 2 atom stereocenters. The van der Waals surface area contributed by atoms with Crippen molar-refractivity contribution >= 4 is 11.8 Å². The van der Waals surface area contributed by atoms with E-state index in [-0.39, 0.29) is 23.8 Å². The van der Waals surface area contributed by atoms with Gasteiger partial charge in [-0.15, -0.1) is 0 Å². The number of carbonyl (C=O) groups excluding carboxylic acids is 2. The molecule has 1 aromatic carbocycles. The smallest absolute Gasteiger partial charge is 0.224 e. The lowest BCUT2D eigenvalue weighted by Crippen LogP contribution is -2.33. The fourth-order valence-corrected chi connectivity index (χ4v) is 3.82. The molecular formula is C20H26N4O2. The van der Waals surface area contributed by atoms with E-state index in [1.807, 2.05) is 52.3 Å². The number of benzene rings is 1. The molecule has 2 aromatic rings. The summed E-state index contributed by atoms with van der Waals surface area (Å²) in [6.07, 6.45) is 4.54. The predicted molar refractivity (Wildman–Crippen MR) is 99.5 cm³/mol. The van der Waals surface area contributed by atoms with Crippen LogP contribution >= 0.6 is 0 Å². The van der Waals surface area contributed by atoms with Crippen molar-refractivity contribution in [1.82, 2.24) is 20.0 Å². The summed E-state index contributed by atoms with van der Waals surface area (Å²) in [4.78, 5) is 26.4. The van der Waals surface area contributed by atoms with Gasteiger partial charge in [-0.1, -0.05) is 18.2 Å². The molecule has 0 radical (unpaired) electrons. The number of aromatic nitrogens is 2. The molecule has 6 nitrogen and oxygen atoms in total. The highest BCUT2D eigenvalue weighted by Gasteiger charge is 2.39. The number of carbonyl (C=O) groups is 2. The number of nitrogens with zero attached hydrogens (tertiary/aromatic N) is 3. The van der Waals surface area contributed by atoms with E-state index >= 15 is 0 Å². The minimum absolute atomic E-state index is 0.00524. The Hall–Kier alpha value is -2.63. The van der Waals surface area contributed by atoms with Gasteiger partial charge in [-0.25, -0.2) is 0 Å². The van der Waals surface area contributed by atoms with E-state index in [1.54, 1.807) is 15.8 Å². The van der Waals surface area contributed by atoms with Crippen LogP contribution in [0.3, 0.4) is 0 Å². The van der Waals surface area contributed by atoms with Gasteiger partial charge >= 0.3 is 0 Å². The average Bonchev–Trinajstić information content (AvgIpc) is 3.13. The quantitative estimate of drug-likeness (QED) is 0.892. The third-order valence-electron chi connectivity index (χ3n) is 5.30. The molecule has 0 spiro atoms. The van der Waals surface area contributed by atoms with E-state index < -0.39 is 0 Å². The highest BCUT2D eigenvalue weighted by molar-refractivity contribution is 5.81. The van der Waals surface area contributed by atoms with Crippen LogP contribution in [-0.4, -0.2) is 40.1 Å². The molecule has 26 heavy (non-hydrogen) atoms. The second-order valence-corrected chi connectivity index (χ2v) is 7.21. The molecule has 1 aromatic heterocycles. The number of amides is 2. The fourth-order valence-electron chi connectivity index (χ4n) is 3.82. The molecular weight excluding hydrogens is 328 g/mol. The Bertz CT molecular complexity index is 807. The maximum absolute atomic E-state index is 12.5. The van der Waals surface area contributed by atoms with Gasteiger partial charge in [0.05, 0.1) is 18.7 Å². The van der Waals surface area contributed by atoms with Crippen molar-refractivity contribution in [1.29, 1.82) is 0 Å². The molecule has 0 bridgehead atoms. The zero-order valence-corrected chi connectivity index (χ0v) is 15.8. The van der Waals surface area contributed by atoms with Gasteiger partial charge in [0, 0.05) is 44.7 Å². The van der Waals surface area contributed by atoms with Crippen molar-refractivity contribution in [2.75, 3.05) is 13.6 Å². The molecule has 0 saturated carbocycles. The number of nitrogens with one attached hydrogen (secondary N) is 1. The first-order chi connectivity index (χ1) is 12.4.